The van der Waals surface area contributed by atoms with Gasteiger partial charge >= 0.3 is 0 Å². The third-order valence-electron chi connectivity index (χ3n) is 4.67. The molecule has 0 saturated carbocycles. The molecule has 0 aliphatic carbocycles. The molecule has 1 aliphatic heterocycles. The molecule has 6 heteroatoms. The number of piperidine rings is 1. The predicted molar refractivity (Wildman–Crippen MR) is 90.3 cm³/mol. The van der Waals surface area contributed by atoms with Crippen molar-refractivity contribution in [2.75, 3.05) is 38.1 Å². The summed E-state index contributed by atoms with van der Waals surface area (Å²) >= 11 is 0. The summed E-state index contributed by atoms with van der Waals surface area (Å²) < 4.78 is 0. The van der Waals surface area contributed by atoms with Gasteiger partial charge < -0.3 is 14.9 Å². The van der Waals surface area contributed by atoms with Crippen molar-refractivity contribution in [2.24, 2.45) is 5.92 Å². The zero-order valence-electron chi connectivity index (χ0n) is 14.6. The molecule has 0 spiro atoms. The summed E-state index contributed by atoms with van der Waals surface area (Å²) in [6.07, 6.45) is 1.95. The van der Waals surface area contributed by atoms with Gasteiger partial charge in [-0.1, -0.05) is 0 Å². The van der Waals surface area contributed by atoms with Crippen LogP contribution in [0.3, 0.4) is 0 Å². The van der Waals surface area contributed by atoms with E-state index in [0.717, 1.165) is 50.3 Å². The zero-order chi connectivity index (χ0) is 17.0. The predicted octanol–water partition coefficient (Wildman–Crippen LogP) is 1.49. The molecule has 0 amide bonds. The lowest BCUT2D eigenvalue weighted by molar-refractivity contribution is 0.101. The highest BCUT2D eigenvalue weighted by Crippen LogP contribution is 2.24. The molecule has 126 valence electrons. The van der Waals surface area contributed by atoms with E-state index in [1.165, 1.54) is 0 Å². The van der Waals surface area contributed by atoms with Crippen molar-refractivity contribution < 1.29 is 5.11 Å². The fourth-order valence-electron chi connectivity index (χ4n) is 3.20. The Kier molecular flexibility index (Phi) is 5.91. The Balaban J connectivity index is 1.97. The first-order chi connectivity index (χ1) is 10.9. The van der Waals surface area contributed by atoms with Crippen LogP contribution in [-0.4, -0.2) is 59.5 Å². The quantitative estimate of drug-likeness (QED) is 0.887. The van der Waals surface area contributed by atoms with Crippen molar-refractivity contribution >= 4 is 5.82 Å². The molecule has 0 aromatic carbocycles. The first kappa shape index (κ1) is 17.6. The van der Waals surface area contributed by atoms with E-state index in [-0.39, 0.29) is 6.10 Å². The molecule has 2 heterocycles. The lowest BCUT2D eigenvalue weighted by Gasteiger charge is -2.34. The number of hydrogen-bond acceptors (Lipinski definition) is 6. The van der Waals surface area contributed by atoms with Crippen LogP contribution in [-0.2, 0) is 0 Å². The molecule has 6 nitrogen and oxygen atoms in total. The molecule has 1 aromatic rings. The van der Waals surface area contributed by atoms with E-state index < -0.39 is 0 Å². The average molecular weight is 317 g/mol. The van der Waals surface area contributed by atoms with Gasteiger partial charge in [0, 0.05) is 20.1 Å². The topological polar surface area (TPSA) is 76.3 Å². The highest BCUT2D eigenvalue weighted by molar-refractivity contribution is 5.57. The summed E-state index contributed by atoms with van der Waals surface area (Å²) in [5.41, 5.74) is 2.35. The highest BCUT2D eigenvalue weighted by Gasteiger charge is 2.23. The van der Waals surface area contributed by atoms with Gasteiger partial charge in [0.05, 0.1) is 11.8 Å². The SMILES string of the molecule is Cc1nnc(N(C)CC2CCN(CC(C)O)CC2)c(C#N)c1C. The molecule has 23 heavy (non-hydrogen) atoms. The summed E-state index contributed by atoms with van der Waals surface area (Å²) in [5, 5.41) is 27.3. The second kappa shape index (κ2) is 7.71. The van der Waals surface area contributed by atoms with E-state index in [1.807, 2.05) is 27.8 Å². The second-order valence-corrected chi connectivity index (χ2v) is 6.69. The summed E-state index contributed by atoms with van der Waals surface area (Å²) in [4.78, 5) is 4.38. The number of likely N-dealkylation sites (tertiary alicyclic amines) is 1. The average Bonchev–Trinajstić information content (AvgIpc) is 2.51. The summed E-state index contributed by atoms with van der Waals surface area (Å²) in [6, 6.07) is 2.27. The third-order valence-corrected chi connectivity index (χ3v) is 4.67. The summed E-state index contributed by atoms with van der Waals surface area (Å²) in [5.74, 6) is 1.27. The Morgan fingerprint density at radius 1 is 1.35 bits per heavy atom. The van der Waals surface area contributed by atoms with Crippen LogP contribution < -0.4 is 4.90 Å². The minimum atomic E-state index is -0.266. The molecule has 1 atom stereocenters. The Hall–Kier alpha value is -1.71. The Labute approximate surface area is 138 Å². The van der Waals surface area contributed by atoms with Gasteiger partial charge in [-0.3, -0.25) is 0 Å². The molecule has 0 radical (unpaired) electrons. The number of aliphatic hydroxyl groups excluding tert-OH is 1. The molecule has 1 aromatic heterocycles. The van der Waals surface area contributed by atoms with Gasteiger partial charge in [-0.2, -0.15) is 10.4 Å². The van der Waals surface area contributed by atoms with Crippen molar-refractivity contribution in [3.05, 3.63) is 16.8 Å². The lowest BCUT2D eigenvalue weighted by Crippen LogP contribution is -2.41. The molecular formula is C17H27N5O. The van der Waals surface area contributed by atoms with Crippen LogP contribution in [0.25, 0.3) is 0 Å². The van der Waals surface area contributed by atoms with Gasteiger partial charge in [0.2, 0.25) is 0 Å². The third kappa shape index (κ3) is 4.40. The number of β-amino-alcohol motifs (C(OH)–C–C–N with tert-alkyl or cyclic N) is 1. The monoisotopic (exact) mass is 317 g/mol. The van der Waals surface area contributed by atoms with Crippen molar-refractivity contribution in [2.45, 2.75) is 39.7 Å². The van der Waals surface area contributed by atoms with Crippen LogP contribution in [0.5, 0.6) is 0 Å². The summed E-state index contributed by atoms with van der Waals surface area (Å²) in [7, 11) is 1.99. The van der Waals surface area contributed by atoms with Crippen LogP contribution in [0.2, 0.25) is 0 Å². The standard InChI is InChI=1S/C17H27N5O/c1-12(23)10-22-7-5-15(6-8-22)11-21(4)17-16(9-18)13(2)14(3)19-20-17/h12,15,23H,5-8,10-11H2,1-4H3. The van der Waals surface area contributed by atoms with Crippen molar-refractivity contribution in [3.63, 3.8) is 0 Å². The zero-order valence-corrected chi connectivity index (χ0v) is 14.6. The first-order valence-electron chi connectivity index (χ1n) is 8.28. The molecule has 2 rings (SSSR count). The van der Waals surface area contributed by atoms with E-state index in [0.29, 0.717) is 17.3 Å². The molecule has 1 unspecified atom stereocenters. The van der Waals surface area contributed by atoms with Crippen molar-refractivity contribution in [1.82, 2.24) is 15.1 Å². The van der Waals surface area contributed by atoms with Gasteiger partial charge in [0.25, 0.3) is 0 Å². The molecule has 1 fully saturated rings. The molecular weight excluding hydrogens is 290 g/mol. The maximum absolute atomic E-state index is 9.47. The van der Waals surface area contributed by atoms with Crippen LogP contribution in [0.15, 0.2) is 0 Å². The van der Waals surface area contributed by atoms with Crippen LogP contribution in [0.4, 0.5) is 5.82 Å². The minimum Gasteiger partial charge on any atom is -0.392 e. The first-order valence-corrected chi connectivity index (χ1v) is 8.28. The number of aromatic nitrogens is 2. The maximum Gasteiger partial charge on any atom is 0.169 e. The van der Waals surface area contributed by atoms with Crippen LogP contribution >= 0.6 is 0 Å². The molecule has 1 N–H and O–H groups in total. The van der Waals surface area contributed by atoms with E-state index in [1.54, 1.807) is 0 Å². The fraction of sp³-hybridized carbons (Fsp3) is 0.706. The van der Waals surface area contributed by atoms with E-state index in [4.69, 9.17) is 0 Å². The Morgan fingerprint density at radius 3 is 2.57 bits per heavy atom. The largest absolute Gasteiger partial charge is 0.392 e. The van der Waals surface area contributed by atoms with E-state index in [9.17, 15) is 10.4 Å². The molecule has 1 aliphatic rings. The Morgan fingerprint density at radius 2 is 2.00 bits per heavy atom. The van der Waals surface area contributed by atoms with Gasteiger partial charge in [-0.15, -0.1) is 5.10 Å². The van der Waals surface area contributed by atoms with Gasteiger partial charge in [0.1, 0.15) is 11.6 Å². The van der Waals surface area contributed by atoms with Crippen molar-refractivity contribution in [1.29, 1.82) is 5.26 Å². The number of rotatable bonds is 5. The van der Waals surface area contributed by atoms with Gasteiger partial charge in [-0.25, -0.2) is 0 Å². The number of anilines is 1. The van der Waals surface area contributed by atoms with Crippen LogP contribution in [0, 0.1) is 31.1 Å². The minimum absolute atomic E-state index is 0.266. The number of aryl methyl sites for hydroxylation is 1. The smallest absolute Gasteiger partial charge is 0.169 e. The molecule has 0 bridgehead atoms. The fourth-order valence-corrected chi connectivity index (χ4v) is 3.20. The number of nitrogens with zero attached hydrogens (tertiary/aromatic N) is 5. The van der Waals surface area contributed by atoms with E-state index in [2.05, 4.69) is 26.1 Å². The number of nitriles is 1. The molecule has 1 saturated heterocycles. The Bertz CT molecular complexity index is 573. The van der Waals surface area contributed by atoms with E-state index >= 15 is 0 Å². The van der Waals surface area contributed by atoms with Crippen molar-refractivity contribution in [3.8, 4) is 6.07 Å². The van der Waals surface area contributed by atoms with Gasteiger partial charge in [-0.05, 0) is 58.2 Å². The highest BCUT2D eigenvalue weighted by atomic mass is 16.3. The lowest BCUT2D eigenvalue weighted by atomic mass is 9.96. The normalized spacial score (nSPS) is 17.7. The second-order valence-electron chi connectivity index (χ2n) is 6.69. The maximum atomic E-state index is 9.47. The van der Waals surface area contributed by atoms with Crippen LogP contribution in [0.1, 0.15) is 36.6 Å². The van der Waals surface area contributed by atoms with Gasteiger partial charge in [0.15, 0.2) is 5.82 Å². The summed E-state index contributed by atoms with van der Waals surface area (Å²) in [6.45, 7) is 9.32. The number of hydrogen-bond donors (Lipinski definition) is 1. The number of aliphatic hydroxyl groups is 1.